The summed E-state index contributed by atoms with van der Waals surface area (Å²) in [5.74, 6) is -1.76. The van der Waals surface area contributed by atoms with E-state index in [0.717, 1.165) is 17.7 Å². The third-order valence-electron chi connectivity index (χ3n) is 5.02. The Kier molecular flexibility index (Phi) is 4.08. The number of fused-ring (bicyclic) bond motifs is 2. The molecule has 1 heterocycles. The van der Waals surface area contributed by atoms with Crippen LogP contribution in [0.3, 0.4) is 0 Å². The van der Waals surface area contributed by atoms with E-state index in [4.69, 9.17) is 0 Å². The molecule has 4 atom stereocenters. The van der Waals surface area contributed by atoms with Crippen molar-refractivity contribution in [3.05, 3.63) is 33.5 Å². The number of aliphatic carboxylic acids is 1. The molecule has 0 saturated heterocycles. The number of nitrogens with one attached hydrogen (secondary N) is 1. The Morgan fingerprint density at radius 3 is 2.50 bits per heavy atom. The minimum Gasteiger partial charge on any atom is -0.481 e. The SMILES string of the molecule is CC(C)=C1[C@H]2CC[C@H]1[C@@H](C(=O)NCc1cccs1)[C@H]2C(=O)O. The number of carboxylic acid groups (broad SMARTS) is 1. The molecule has 2 fully saturated rings. The van der Waals surface area contributed by atoms with Crippen molar-refractivity contribution in [1.29, 1.82) is 0 Å². The van der Waals surface area contributed by atoms with Crippen LogP contribution in [0.15, 0.2) is 28.7 Å². The summed E-state index contributed by atoms with van der Waals surface area (Å²) >= 11 is 1.59. The van der Waals surface area contributed by atoms with Gasteiger partial charge in [-0.05, 0) is 50.0 Å². The first-order chi connectivity index (χ1) is 10.5. The normalized spacial score (nSPS) is 29.6. The molecule has 0 aromatic carbocycles. The average Bonchev–Trinajstić information content (AvgIpc) is 3.17. The van der Waals surface area contributed by atoms with Crippen molar-refractivity contribution >= 4 is 23.2 Å². The minimum atomic E-state index is -0.831. The van der Waals surface area contributed by atoms with Gasteiger partial charge in [0.05, 0.1) is 18.4 Å². The maximum Gasteiger partial charge on any atom is 0.307 e. The summed E-state index contributed by atoms with van der Waals surface area (Å²) in [5, 5.41) is 14.5. The highest BCUT2D eigenvalue weighted by molar-refractivity contribution is 7.09. The monoisotopic (exact) mass is 319 g/mol. The van der Waals surface area contributed by atoms with Crippen LogP contribution >= 0.6 is 11.3 Å². The van der Waals surface area contributed by atoms with Gasteiger partial charge in [-0.25, -0.2) is 0 Å². The molecule has 0 spiro atoms. The fourth-order valence-corrected chi connectivity index (χ4v) is 4.95. The van der Waals surface area contributed by atoms with Gasteiger partial charge in [0.1, 0.15) is 0 Å². The van der Waals surface area contributed by atoms with Crippen molar-refractivity contribution in [2.75, 3.05) is 0 Å². The van der Waals surface area contributed by atoms with Gasteiger partial charge >= 0.3 is 5.97 Å². The molecule has 0 radical (unpaired) electrons. The molecule has 2 aliphatic rings. The molecule has 2 aliphatic carbocycles. The predicted molar refractivity (Wildman–Crippen MR) is 85.4 cm³/mol. The molecule has 2 saturated carbocycles. The average molecular weight is 319 g/mol. The van der Waals surface area contributed by atoms with E-state index >= 15 is 0 Å². The molecule has 2 bridgehead atoms. The standard InChI is InChI=1S/C17H21NO3S/c1-9(2)13-11-5-6-12(13)15(17(20)21)14(11)16(19)18-8-10-4-3-7-22-10/h3-4,7,11-12,14-15H,5-6,8H2,1-2H3,(H,18,19)(H,20,21)/t11-,12-,14-,15+/m1/s1. The van der Waals surface area contributed by atoms with E-state index in [2.05, 4.69) is 5.32 Å². The number of hydrogen-bond donors (Lipinski definition) is 2. The van der Waals surface area contributed by atoms with Crippen LogP contribution < -0.4 is 5.32 Å². The van der Waals surface area contributed by atoms with Gasteiger partial charge in [0, 0.05) is 4.88 Å². The molecular weight excluding hydrogens is 298 g/mol. The summed E-state index contributed by atoms with van der Waals surface area (Å²) in [6.45, 7) is 4.55. The quantitative estimate of drug-likeness (QED) is 0.838. The van der Waals surface area contributed by atoms with E-state index < -0.39 is 17.8 Å². The fraction of sp³-hybridized carbons (Fsp3) is 0.529. The number of rotatable bonds is 4. The van der Waals surface area contributed by atoms with Gasteiger partial charge < -0.3 is 10.4 Å². The topological polar surface area (TPSA) is 66.4 Å². The third-order valence-corrected chi connectivity index (χ3v) is 5.90. The van der Waals surface area contributed by atoms with Gasteiger partial charge in [0.2, 0.25) is 5.91 Å². The van der Waals surface area contributed by atoms with Gasteiger partial charge in [0.15, 0.2) is 0 Å². The zero-order valence-corrected chi connectivity index (χ0v) is 13.7. The van der Waals surface area contributed by atoms with Crippen LogP contribution in [0, 0.1) is 23.7 Å². The molecule has 1 amide bonds. The van der Waals surface area contributed by atoms with Crippen LogP contribution in [0.2, 0.25) is 0 Å². The second-order valence-corrected chi connectivity index (χ2v) is 7.46. The first kappa shape index (κ1) is 15.3. The maximum absolute atomic E-state index is 12.6. The lowest BCUT2D eigenvalue weighted by atomic mass is 9.79. The Balaban J connectivity index is 1.80. The lowest BCUT2D eigenvalue weighted by Crippen LogP contribution is -2.40. The van der Waals surface area contributed by atoms with E-state index in [1.54, 1.807) is 11.3 Å². The number of carbonyl (C=O) groups excluding carboxylic acids is 1. The van der Waals surface area contributed by atoms with E-state index in [1.165, 1.54) is 11.1 Å². The lowest BCUT2D eigenvalue weighted by Gasteiger charge is -2.26. The summed E-state index contributed by atoms with van der Waals surface area (Å²) in [4.78, 5) is 25.4. The zero-order chi connectivity index (χ0) is 15.9. The Hall–Kier alpha value is -1.62. The van der Waals surface area contributed by atoms with E-state index in [0.29, 0.717) is 6.54 Å². The van der Waals surface area contributed by atoms with E-state index in [9.17, 15) is 14.7 Å². The molecule has 1 aromatic rings. The zero-order valence-electron chi connectivity index (χ0n) is 12.8. The second kappa shape index (κ2) is 5.88. The number of thiophene rings is 1. The second-order valence-electron chi connectivity index (χ2n) is 6.43. The van der Waals surface area contributed by atoms with Gasteiger partial charge in [-0.3, -0.25) is 9.59 Å². The number of carboxylic acids is 1. The van der Waals surface area contributed by atoms with Crippen LogP contribution in [0.5, 0.6) is 0 Å². The summed E-state index contributed by atoms with van der Waals surface area (Å²) < 4.78 is 0. The molecule has 1 aromatic heterocycles. The number of amides is 1. The highest BCUT2D eigenvalue weighted by Crippen LogP contribution is 2.57. The van der Waals surface area contributed by atoms with Gasteiger partial charge in [-0.2, -0.15) is 0 Å². The molecule has 2 N–H and O–H groups in total. The Bertz CT molecular complexity index is 616. The Labute approximate surface area is 134 Å². The van der Waals surface area contributed by atoms with Crippen molar-refractivity contribution in [3.63, 3.8) is 0 Å². The molecule has 118 valence electrons. The van der Waals surface area contributed by atoms with Crippen molar-refractivity contribution in [2.24, 2.45) is 23.7 Å². The van der Waals surface area contributed by atoms with Crippen molar-refractivity contribution in [3.8, 4) is 0 Å². The van der Waals surface area contributed by atoms with Crippen LogP contribution in [0.4, 0.5) is 0 Å². The first-order valence-electron chi connectivity index (χ1n) is 7.71. The molecule has 3 rings (SSSR count). The highest BCUT2D eigenvalue weighted by atomic mass is 32.1. The maximum atomic E-state index is 12.6. The van der Waals surface area contributed by atoms with Crippen LogP contribution in [0.1, 0.15) is 31.6 Å². The van der Waals surface area contributed by atoms with Crippen LogP contribution in [0.25, 0.3) is 0 Å². The summed E-state index contributed by atoms with van der Waals surface area (Å²) in [5.41, 5.74) is 2.41. The number of carbonyl (C=O) groups is 2. The molecule has 5 heteroatoms. The van der Waals surface area contributed by atoms with Crippen molar-refractivity contribution in [2.45, 2.75) is 33.2 Å². The van der Waals surface area contributed by atoms with Crippen LogP contribution in [-0.2, 0) is 16.1 Å². The number of hydrogen-bond acceptors (Lipinski definition) is 3. The molecule has 4 nitrogen and oxygen atoms in total. The highest BCUT2D eigenvalue weighted by Gasteiger charge is 2.57. The predicted octanol–water partition coefficient (Wildman–Crippen LogP) is 3.06. The van der Waals surface area contributed by atoms with E-state index in [-0.39, 0.29) is 17.7 Å². The summed E-state index contributed by atoms with van der Waals surface area (Å²) in [6, 6.07) is 3.92. The molecule has 0 aliphatic heterocycles. The summed E-state index contributed by atoms with van der Waals surface area (Å²) in [7, 11) is 0. The van der Waals surface area contributed by atoms with Crippen molar-refractivity contribution < 1.29 is 14.7 Å². The van der Waals surface area contributed by atoms with E-state index in [1.807, 2.05) is 31.4 Å². The molecule has 0 unspecified atom stereocenters. The van der Waals surface area contributed by atoms with Gasteiger partial charge in [-0.15, -0.1) is 11.3 Å². The first-order valence-corrected chi connectivity index (χ1v) is 8.58. The Morgan fingerprint density at radius 1 is 1.27 bits per heavy atom. The van der Waals surface area contributed by atoms with Gasteiger partial charge in [0.25, 0.3) is 0 Å². The van der Waals surface area contributed by atoms with Crippen molar-refractivity contribution in [1.82, 2.24) is 5.32 Å². The molecular formula is C17H21NO3S. The Morgan fingerprint density at radius 2 is 1.95 bits per heavy atom. The lowest BCUT2D eigenvalue weighted by molar-refractivity contribution is -0.149. The largest absolute Gasteiger partial charge is 0.481 e. The van der Waals surface area contributed by atoms with Gasteiger partial charge in [-0.1, -0.05) is 17.2 Å². The smallest absolute Gasteiger partial charge is 0.307 e. The fourth-order valence-electron chi connectivity index (χ4n) is 4.31. The molecule has 22 heavy (non-hydrogen) atoms. The third kappa shape index (κ3) is 2.47. The number of allylic oxidation sites excluding steroid dienone is 2. The summed E-state index contributed by atoms with van der Waals surface area (Å²) in [6.07, 6.45) is 1.84. The van der Waals surface area contributed by atoms with Crippen LogP contribution in [-0.4, -0.2) is 17.0 Å². The minimum absolute atomic E-state index is 0.0463.